The van der Waals surface area contributed by atoms with Gasteiger partial charge in [0, 0.05) is 11.8 Å². The van der Waals surface area contributed by atoms with E-state index in [2.05, 4.69) is 17.3 Å². The number of hydrogen-bond acceptors (Lipinski definition) is 3. The summed E-state index contributed by atoms with van der Waals surface area (Å²) in [6.45, 7) is 2.15. The highest BCUT2D eigenvalue weighted by Gasteiger charge is 2.30. The highest BCUT2D eigenvalue weighted by molar-refractivity contribution is 5.91. The van der Waals surface area contributed by atoms with Crippen LogP contribution in [-0.4, -0.2) is 15.7 Å². The van der Waals surface area contributed by atoms with E-state index in [1.807, 2.05) is 35.0 Å². The number of nitrogens with one attached hydrogen (secondary N) is 1. The van der Waals surface area contributed by atoms with Crippen molar-refractivity contribution >= 4 is 29.8 Å². The number of benzene rings is 1. The van der Waals surface area contributed by atoms with Gasteiger partial charge in [-0.25, -0.2) is 4.68 Å². The first-order chi connectivity index (χ1) is 10.1. The van der Waals surface area contributed by atoms with Crippen LogP contribution in [0.15, 0.2) is 36.5 Å². The SMILES string of the molecule is CC(C1CC1)n1nccc1NC(=O)Cc1ccc(N)cc1.Cl. The van der Waals surface area contributed by atoms with Crippen molar-refractivity contribution in [2.75, 3.05) is 11.1 Å². The fourth-order valence-corrected chi connectivity index (χ4v) is 2.52. The molecule has 0 radical (unpaired) electrons. The molecule has 118 valence electrons. The van der Waals surface area contributed by atoms with E-state index in [0.717, 1.165) is 11.4 Å². The third-order valence-electron chi connectivity index (χ3n) is 3.97. The first-order valence-corrected chi connectivity index (χ1v) is 7.31. The average Bonchev–Trinajstić information content (AvgIpc) is 3.21. The van der Waals surface area contributed by atoms with Crippen molar-refractivity contribution in [1.29, 1.82) is 0 Å². The first kappa shape index (κ1) is 16.4. The molecule has 1 aliphatic carbocycles. The van der Waals surface area contributed by atoms with Crippen molar-refractivity contribution in [3.63, 3.8) is 0 Å². The van der Waals surface area contributed by atoms with Gasteiger partial charge in [0.05, 0.1) is 18.7 Å². The molecule has 0 saturated heterocycles. The number of carbonyl (C=O) groups excluding carboxylic acids is 1. The molecule has 1 amide bonds. The predicted octanol–water partition coefficient (Wildman–Crippen LogP) is 3.04. The summed E-state index contributed by atoms with van der Waals surface area (Å²) in [7, 11) is 0. The van der Waals surface area contributed by atoms with Crippen LogP contribution in [-0.2, 0) is 11.2 Å². The van der Waals surface area contributed by atoms with Gasteiger partial charge < -0.3 is 11.1 Å². The molecule has 1 aliphatic rings. The lowest BCUT2D eigenvalue weighted by Crippen LogP contribution is -2.19. The zero-order valence-corrected chi connectivity index (χ0v) is 13.3. The Kier molecular flexibility index (Phi) is 5.08. The molecule has 5 nitrogen and oxygen atoms in total. The zero-order chi connectivity index (χ0) is 14.8. The Hall–Kier alpha value is -2.01. The molecule has 22 heavy (non-hydrogen) atoms. The van der Waals surface area contributed by atoms with E-state index in [4.69, 9.17) is 5.73 Å². The van der Waals surface area contributed by atoms with Crippen LogP contribution >= 0.6 is 12.4 Å². The molecule has 2 aromatic rings. The number of nitrogens with two attached hydrogens (primary N) is 1. The van der Waals surface area contributed by atoms with Gasteiger partial charge in [-0.3, -0.25) is 4.79 Å². The first-order valence-electron chi connectivity index (χ1n) is 7.31. The minimum absolute atomic E-state index is 0. The van der Waals surface area contributed by atoms with E-state index in [9.17, 15) is 4.79 Å². The summed E-state index contributed by atoms with van der Waals surface area (Å²) in [5, 5.41) is 7.28. The largest absolute Gasteiger partial charge is 0.399 e. The number of anilines is 2. The molecule has 3 N–H and O–H groups in total. The minimum Gasteiger partial charge on any atom is -0.399 e. The van der Waals surface area contributed by atoms with Gasteiger partial charge in [0.1, 0.15) is 5.82 Å². The second kappa shape index (κ2) is 6.83. The van der Waals surface area contributed by atoms with Crippen molar-refractivity contribution in [3.8, 4) is 0 Å². The summed E-state index contributed by atoms with van der Waals surface area (Å²) in [6.07, 6.45) is 4.57. The average molecular weight is 321 g/mol. The van der Waals surface area contributed by atoms with Crippen molar-refractivity contribution in [1.82, 2.24) is 9.78 Å². The molecule has 1 unspecified atom stereocenters. The van der Waals surface area contributed by atoms with Gasteiger partial charge in [-0.1, -0.05) is 12.1 Å². The molecule has 0 aliphatic heterocycles. The number of hydrogen-bond donors (Lipinski definition) is 2. The van der Waals surface area contributed by atoms with Gasteiger partial charge in [-0.15, -0.1) is 12.4 Å². The maximum Gasteiger partial charge on any atom is 0.229 e. The Morgan fingerprint density at radius 2 is 2.05 bits per heavy atom. The van der Waals surface area contributed by atoms with Gasteiger partial charge in [-0.05, 0) is 43.4 Å². The molecule has 1 aromatic carbocycles. The van der Waals surface area contributed by atoms with Crippen LogP contribution in [0.3, 0.4) is 0 Å². The van der Waals surface area contributed by atoms with Crippen molar-refractivity contribution in [3.05, 3.63) is 42.1 Å². The minimum atomic E-state index is -0.0375. The summed E-state index contributed by atoms with van der Waals surface area (Å²) in [4.78, 5) is 12.1. The second-order valence-corrected chi connectivity index (χ2v) is 5.71. The molecule has 0 spiro atoms. The Labute approximate surface area is 136 Å². The van der Waals surface area contributed by atoms with Gasteiger partial charge in [0.25, 0.3) is 0 Å². The van der Waals surface area contributed by atoms with Crippen LogP contribution in [0.25, 0.3) is 0 Å². The highest BCUT2D eigenvalue weighted by atomic mass is 35.5. The van der Waals surface area contributed by atoms with Gasteiger partial charge in [0.2, 0.25) is 5.91 Å². The maximum atomic E-state index is 12.1. The van der Waals surface area contributed by atoms with Gasteiger partial charge >= 0.3 is 0 Å². The van der Waals surface area contributed by atoms with E-state index in [1.165, 1.54) is 12.8 Å². The quantitative estimate of drug-likeness (QED) is 0.832. The standard InChI is InChI=1S/C16H20N4O.ClH/c1-11(13-4-5-13)20-15(8-9-18-20)19-16(21)10-12-2-6-14(17)7-3-12;/h2-3,6-9,11,13H,4-5,10,17H2,1H3,(H,19,21);1H. The van der Waals surface area contributed by atoms with Crippen LogP contribution in [0.1, 0.15) is 31.4 Å². The van der Waals surface area contributed by atoms with Crippen molar-refractivity contribution in [2.24, 2.45) is 5.92 Å². The lowest BCUT2D eigenvalue weighted by molar-refractivity contribution is -0.115. The van der Waals surface area contributed by atoms with Gasteiger partial charge in [-0.2, -0.15) is 5.10 Å². The Bertz CT molecular complexity index is 634. The molecule has 6 heteroatoms. The van der Waals surface area contributed by atoms with Crippen LogP contribution < -0.4 is 11.1 Å². The molecular weight excluding hydrogens is 300 g/mol. The molecule has 1 saturated carbocycles. The number of aromatic nitrogens is 2. The molecule has 0 bridgehead atoms. The third-order valence-corrected chi connectivity index (χ3v) is 3.97. The van der Waals surface area contributed by atoms with E-state index < -0.39 is 0 Å². The third kappa shape index (κ3) is 3.80. The Morgan fingerprint density at radius 1 is 1.36 bits per heavy atom. The Morgan fingerprint density at radius 3 is 2.68 bits per heavy atom. The van der Waals surface area contributed by atoms with E-state index in [-0.39, 0.29) is 18.3 Å². The summed E-state index contributed by atoms with van der Waals surface area (Å²) in [6, 6.07) is 9.55. The lowest BCUT2D eigenvalue weighted by atomic mass is 10.1. The van der Waals surface area contributed by atoms with E-state index >= 15 is 0 Å². The summed E-state index contributed by atoms with van der Waals surface area (Å²) < 4.78 is 1.92. The van der Waals surface area contributed by atoms with Crippen LogP contribution in [0.5, 0.6) is 0 Å². The number of rotatable bonds is 5. The maximum absolute atomic E-state index is 12.1. The fourth-order valence-electron chi connectivity index (χ4n) is 2.52. The number of halogens is 1. The van der Waals surface area contributed by atoms with E-state index in [0.29, 0.717) is 24.1 Å². The predicted molar refractivity (Wildman–Crippen MR) is 90.1 cm³/mol. The fraction of sp³-hybridized carbons (Fsp3) is 0.375. The van der Waals surface area contributed by atoms with Crippen molar-refractivity contribution in [2.45, 2.75) is 32.2 Å². The summed E-state index contributed by atoms with van der Waals surface area (Å²) in [5.74, 6) is 1.43. The number of carbonyl (C=O) groups is 1. The topological polar surface area (TPSA) is 72.9 Å². The second-order valence-electron chi connectivity index (χ2n) is 5.71. The van der Waals surface area contributed by atoms with Crippen LogP contribution in [0.2, 0.25) is 0 Å². The molecule has 1 atom stereocenters. The van der Waals surface area contributed by atoms with Crippen LogP contribution in [0, 0.1) is 5.92 Å². The molecule has 1 fully saturated rings. The molecule has 1 heterocycles. The number of nitrogen functional groups attached to an aromatic ring is 1. The molecule has 3 rings (SSSR count). The normalized spacial score (nSPS) is 15.0. The Balaban J connectivity index is 0.00000176. The molecule has 1 aromatic heterocycles. The number of nitrogens with zero attached hydrogens (tertiary/aromatic N) is 2. The number of amides is 1. The van der Waals surface area contributed by atoms with Gasteiger partial charge in [0.15, 0.2) is 0 Å². The summed E-state index contributed by atoms with van der Waals surface area (Å²) >= 11 is 0. The summed E-state index contributed by atoms with van der Waals surface area (Å²) in [5.41, 5.74) is 7.29. The highest BCUT2D eigenvalue weighted by Crippen LogP contribution is 2.40. The lowest BCUT2D eigenvalue weighted by Gasteiger charge is -2.15. The van der Waals surface area contributed by atoms with Crippen LogP contribution in [0.4, 0.5) is 11.5 Å². The zero-order valence-electron chi connectivity index (χ0n) is 12.5. The van der Waals surface area contributed by atoms with E-state index in [1.54, 1.807) is 6.20 Å². The smallest absolute Gasteiger partial charge is 0.229 e. The molecular formula is C16H21ClN4O. The van der Waals surface area contributed by atoms with Crippen molar-refractivity contribution < 1.29 is 4.79 Å². The monoisotopic (exact) mass is 320 g/mol.